The zero-order valence-electron chi connectivity index (χ0n) is 51.7. The molecular weight excluding hydrogens is 1150 g/mol. The third-order valence-electron chi connectivity index (χ3n) is 20.6. The quantitative estimate of drug-likeness (QED) is 0.0521. The molecule has 1 aliphatic carbocycles. The van der Waals surface area contributed by atoms with Crippen LogP contribution in [0.25, 0.3) is 11.0 Å². The Morgan fingerprint density at radius 2 is 1.64 bits per heavy atom. The van der Waals surface area contributed by atoms with E-state index in [1.807, 2.05) is 43.6 Å². The number of pyridine rings is 2. The van der Waals surface area contributed by atoms with Gasteiger partial charge in [-0.2, -0.15) is 4.98 Å². The van der Waals surface area contributed by atoms with Crippen LogP contribution in [0, 0.1) is 21.4 Å². The van der Waals surface area contributed by atoms with Crippen molar-refractivity contribution in [2.75, 3.05) is 112 Å². The lowest BCUT2D eigenvalue weighted by molar-refractivity contribution is -0.384. The molecule has 4 atom stereocenters. The van der Waals surface area contributed by atoms with Gasteiger partial charge in [0, 0.05) is 100 Å². The summed E-state index contributed by atoms with van der Waals surface area (Å²) in [6.07, 6.45) is 12.1. The van der Waals surface area contributed by atoms with Crippen LogP contribution in [0.2, 0.25) is 0 Å². The van der Waals surface area contributed by atoms with E-state index < -0.39 is 43.1 Å². The minimum atomic E-state index is -4.65. The first-order valence-corrected chi connectivity index (χ1v) is 33.6. The smallest absolute Gasteiger partial charge is 0.293 e. The van der Waals surface area contributed by atoms with E-state index in [4.69, 9.17) is 28.9 Å². The highest BCUT2D eigenvalue weighted by atomic mass is 32.2. The number of benzene rings is 3. The number of hydrogen-bond acceptors (Lipinski definition) is 18. The number of H-pyrrole nitrogens is 1. The molecule has 6 aliphatic heterocycles. The molecule has 21 nitrogen and oxygen atoms in total. The van der Waals surface area contributed by atoms with Gasteiger partial charge < -0.3 is 49.1 Å². The molecule has 3 aromatic heterocycles. The molecule has 7 aliphatic rings. The van der Waals surface area contributed by atoms with Crippen LogP contribution in [0.4, 0.5) is 34.3 Å². The van der Waals surface area contributed by atoms with E-state index in [1.165, 1.54) is 23.3 Å². The second kappa shape index (κ2) is 25.3. The number of aromatic nitrogens is 3. The van der Waals surface area contributed by atoms with Gasteiger partial charge in [-0.15, -0.1) is 0 Å². The normalized spacial score (nSPS) is 25.1. The number of carbonyl (C=O) groups excluding carboxylic acids is 1. The topological polar surface area (TPSA) is 233 Å². The first-order valence-electron chi connectivity index (χ1n) is 32.1. The largest absolute Gasteiger partial charge is 0.493 e. The number of fused-ring (bicyclic) bond motifs is 3. The molecule has 5 saturated heterocycles. The van der Waals surface area contributed by atoms with Gasteiger partial charge >= 0.3 is 0 Å². The van der Waals surface area contributed by atoms with Gasteiger partial charge in [-0.25, -0.2) is 18.1 Å². The molecule has 3 aromatic carbocycles. The van der Waals surface area contributed by atoms with Crippen LogP contribution in [0.1, 0.15) is 124 Å². The first-order chi connectivity index (χ1) is 43.0. The maximum atomic E-state index is 14.9. The van der Waals surface area contributed by atoms with Crippen molar-refractivity contribution in [1.29, 1.82) is 0 Å². The van der Waals surface area contributed by atoms with Gasteiger partial charge in [-0.05, 0) is 167 Å². The number of nitrogens with zero attached hydrogens (tertiary/aromatic N) is 8. The number of nitro groups is 1. The summed E-state index contributed by atoms with van der Waals surface area (Å²) < 4.78 is 55.1. The van der Waals surface area contributed by atoms with Gasteiger partial charge in [0.25, 0.3) is 21.6 Å². The maximum Gasteiger partial charge on any atom is 0.293 e. The van der Waals surface area contributed by atoms with Crippen molar-refractivity contribution in [3.63, 3.8) is 0 Å². The Kier molecular flexibility index (Phi) is 17.3. The number of rotatable bonds is 16. The number of aliphatic hydroxyl groups is 1. The van der Waals surface area contributed by atoms with Crippen molar-refractivity contribution in [1.82, 2.24) is 29.5 Å². The number of methoxy groups -OCH3 is 1. The molecule has 13 rings (SSSR count). The Morgan fingerprint density at radius 1 is 0.865 bits per heavy atom. The molecule has 0 bridgehead atoms. The zero-order chi connectivity index (χ0) is 61.6. The molecule has 22 heteroatoms. The number of likely N-dealkylation sites (tertiary alicyclic amines) is 2. The number of amides is 1. The van der Waals surface area contributed by atoms with Crippen molar-refractivity contribution in [2.45, 2.75) is 132 Å². The molecule has 1 spiro atoms. The third-order valence-corrected chi connectivity index (χ3v) is 21.9. The Hall–Kier alpha value is -7.08. The van der Waals surface area contributed by atoms with Crippen molar-refractivity contribution < 1.29 is 42.2 Å². The number of aromatic amines is 1. The van der Waals surface area contributed by atoms with E-state index in [9.17, 15) is 28.4 Å². The number of hydrogen-bond donors (Lipinski definition) is 4. The van der Waals surface area contributed by atoms with E-state index in [-0.39, 0.29) is 28.6 Å². The molecule has 1 saturated carbocycles. The van der Waals surface area contributed by atoms with Crippen LogP contribution in [0.5, 0.6) is 11.6 Å². The Bertz CT molecular complexity index is 3660. The lowest BCUT2D eigenvalue weighted by atomic mass is 9.70. The van der Waals surface area contributed by atoms with Crippen molar-refractivity contribution in [2.24, 2.45) is 11.3 Å². The predicted octanol–water partition coefficient (Wildman–Crippen LogP) is 9.74. The van der Waals surface area contributed by atoms with Crippen molar-refractivity contribution in [3.05, 3.63) is 124 Å². The highest BCUT2D eigenvalue weighted by Gasteiger charge is 2.45. The summed E-state index contributed by atoms with van der Waals surface area (Å²) in [6, 6.07) is 24.6. The number of piperidine rings is 3. The predicted molar refractivity (Wildman–Crippen MR) is 343 cm³/mol. The van der Waals surface area contributed by atoms with E-state index >= 15 is 0 Å². The lowest BCUT2D eigenvalue weighted by Gasteiger charge is -2.51. The van der Waals surface area contributed by atoms with Crippen molar-refractivity contribution in [3.8, 4) is 11.6 Å². The van der Waals surface area contributed by atoms with Gasteiger partial charge in [0.15, 0.2) is 11.6 Å². The molecule has 6 fully saturated rings. The fraction of sp³-hybridized carbons (Fsp3) is 0.537. The number of anilines is 5. The Balaban J connectivity index is 0.733. The number of carbonyl (C=O) groups is 1. The summed E-state index contributed by atoms with van der Waals surface area (Å²) in [7, 11) is -2.91. The molecule has 1 amide bonds. The summed E-state index contributed by atoms with van der Waals surface area (Å²) >= 11 is 0. The molecular formula is C67H85N11O10S. The molecule has 9 heterocycles. The van der Waals surface area contributed by atoms with Crippen LogP contribution in [-0.4, -0.2) is 165 Å². The number of sulfonamides is 1. The standard InChI is InChI=1S/C67H85N11O10S/c1-44(2)50-7-5-6-8-51(50)53-42-73(41-46-35-60(85-4)63(70-40-46)76-30-33-86-34-31-76)25-16-55(53)75-28-22-67(23-29-75)20-26-74(27-21-67)48-9-11-52(57(37-48)77-56-17-32-87-43-61(56)88-65-59(77)36-47-15-24-68-62(47)71-65)64(79)72-89(83,84)49-10-12-54(58(38-49)78(81)82)69-39-45-13-18-66(3,80)19-14-45/h5-12,15,24,35-38,40,44-45,53,55-56,61,69,80H,13-14,16-23,25-34,39,41-43H2,1-4H3,(H,68,71)(H,72,79)/t45?,53-,55+,56-,61-,66?/m0/s1. The minimum absolute atomic E-state index is 0.111. The SMILES string of the molecule is COc1cc(CN2CC[C@@H](N3CCC4(CCN(c5ccc(C(=O)NS(=O)(=O)c6ccc(NCC7CCC(C)(O)CC7)c([N+](=O)[O-])c6)c(N6c7cc8cc[nH]c8nc7O[C@H]7COCC[C@@H]76)c5)CC4)CC3)[C@H](c3ccccc3C(C)C)C2)cnc1N1CCOCC1. The monoisotopic (exact) mass is 1240 g/mol. The summed E-state index contributed by atoms with van der Waals surface area (Å²) in [4.78, 5) is 51.6. The zero-order valence-corrected chi connectivity index (χ0v) is 52.5. The molecule has 4 N–H and O–H groups in total. The van der Waals surface area contributed by atoms with Gasteiger partial charge in [0.1, 0.15) is 23.1 Å². The molecule has 89 heavy (non-hydrogen) atoms. The van der Waals surface area contributed by atoms with Gasteiger partial charge in [-0.1, -0.05) is 38.1 Å². The molecule has 474 valence electrons. The van der Waals surface area contributed by atoms with Crippen LogP contribution in [0.15, 0.2) is 96.2 Å². The number of morpholine rings is 1. The summed E-state index contributed by atoms with van der Waals surface area (Å²) in [5.41, 5.74) is 6.06. The van der Waals surface area contributed by atoms with Crippen LogP contribution in [-0.2, 0) is 26.0 Å². The number of ether oxygens (including phenoxy) is 4. The third kappa shape index (κ3) is 12.7. The van der Waals surface area contributed by atoms with Crippen LogP contribution in [0.3, 0.4) is 0 Å². The Morgan fingerprint density at radius 3 is 2.40 bits per heavy atom. The van der Waals surface area contributed by atoms with Crippen molar-refractivity contribution >= 4 is 61.2 Å². The lowest BCUT2D eigenvalue weighted by Crippen LogP contribution is -2.54. The first kappa shape index (κ1) is 60.8. The number of nitrogens with one attached hydrogen (secondary N) is 3. The molecule has 0 radical (unpaired) electrons. The van der Waals surface area contributed by atoms with Crippen LogP contribution >= 0.6 is 0 Å². The number of nitro benzene ring substituents is 1. The average Bonchev–Trinajstić information content (AvgIpc) is 1.95. The van der Waals surface area contributed by atoms with Crippen LogP contribution < -0.4 is 34.2 Å². The Labute approximate surface area is 521 Å². The fourth-order valence-electron chi connectivity index (χ4n) is 15.4. The second-order valence-electron chi connectivity index (χ2n) is 26.6. The highest BCUT2D eigenvalue weighted by molar-refractivity contribution is 7.90. The molecule has 0 unspecified atom stereocenters. The van der Waals surface area contributed by atoms with E-state index in [0.717, 1.165) is 138 Å². The maximum absolute atomic E-state index is 14.9. The average molecular weight is 1240 g/mol. The minimum Gasteiger partial charge on any atom is -0.493 e. The summed E-state index contributed by atoms with van der Waals surface area (Å²) in [5, 5.41) is 26.9. The fourth-order valence-corrected chi connectivity index (χ4v) is 16.3. The highest BCUT2D eigenvalue weighted by Crippen LogP contribution is 2.49. The summed E-state index contributed by atoms with van der Waals surface area (Å²) in [5.74, 6) is 2.11. The second-order valence-corrected chi connectivity index (χ2v) is 28.2. The van der Waals surface area contributed by atoms with E-state index in [1.54, 1.807) is 13.2 Å². The van der Waals surface area contributed by atoms with Gasteiger partial charge in [0.2, 0.25) is 5.88 Å². The van der Waals surface area contributed by atoms with Gasteiger partial charge in [0.05, 0.1) is 59.6 Å². The summed E-state index contributed by atoms with van der Waals surface area (Å²) in [6.45, 7) is 17.1. The van der Waals surface area contributed by atoms with E-state index in [0.29, 0.717) is 93.0 Å². The van der Waals surface area contributed by atoms with E-state index in [2.05, 4.69) is 83.7 Å². The molecule has 6 aromatic rings. The van der Waals surface area contributed by atoms with Gasteiger partial charge in [-0.3, -0.25) is 24.7 Å².